The Morgan fingerprint density at radius 2 is 1.78 bits per heavy atom. The standard InChI is InChI=1S/C19H27N3O/c23-18-19(21-14-20-18)10-12-22(13-11-19)17-9-5-4-8-16(17)15-6-2-1-3-7-15/h1-3,6-7,16-17,21H,4-5,8-14H2,(H,20,23)/t16-,17-/m1/s1. The number of piperidine rings is 1. The van der Waals surface area contributed by atoms with Gasteiger partial charge in [0.25, 0.3) is 0 Å². The zero-order valence-corrected chi connectivity index (χ0v) is 13.8. The first kappa shape index (κ1) is 15.2. The summed E-state index contributed by atoms with van der Waals surface area (Å²) in [5.74, 6) is 0.866. The molecule has 2 heterocycles. The van der Waals surface area contributed by atoms with Crippen LogP contribution in [0.15, 0.2) is 30.3 Å². The Labute approximate surface area is 138 Å². The summed E-state index contributed by atoms with van der Waals surface area (Å²) in [6, 6.07) is 11.7. The molecule has 2 atom stereocenters. The average molecular weight is 313 g/mol. The van der Waals surface area contributed by atoms with Crippen LogP contribution in [0.1, 0.15) is 50.0 Å². The van der Waals surface area contributed by atoms with Crippen LogP contribution in [0.25, 0.3) is 0 Å². The van der Waals surface area contributed by atoms with Crippen molar-refractivity contribution in [3.05, 3.63) is 35.9 Å². The van der Waals surface area contributed by atoms with Crippen LogP contribution in [0.4, 0.5) is 0 Å². The molecule has 2 N–H and O–H groups in total. The van der Waals surface area contributed by atoms with E-state index >= 15 is 0 Å². The summed E-state index contributed by atoms with van der Waals surface area (Å²) in [7, 11) is 0. The molecule has 3 aliphatic rings. The van der Waals surface area contributed by atoms with Gasteiger partial charge in [-0.25, -0.2) is 0 Å². The Balaban J connectivity index is 1.47. The normalized spacial score (nSPS) is 31.2. The molecule has 2 aliphatic heterocycles. The van der Waals surface area contributed by atoms with E-state index in [2.05, 4.69) is 45.9 Å². The molecule has 2 saturated heterocycles. The van der Waals surface area contributed by atoms with Gasteiger partial charge in [-0.15, -0.1) is 0 Å². The Hall–Kier alpha value is -1.39. The van der Waals surface area contributed by atoms with E-state index in [1.165, 1.54) is 31.2 Å². The van der Waals surface area contributed by atoms with Crippen LogP contribution in [0, 0.1) is 0 Å². The highest BCUT2D eigenvalue weighted by atomic mass is 16.2. The van der Waals surface area contributed by atoms with Crippen LogP contribution in [0.3, 0.4) is 0 Å². The molecule has 4 nitrogen and oxygen atoms in total. The number of likely N-dealkylation sites (tertiary alicyclic amines) is 1. The third-order valence-corrected chi connectivity index (χ3v) is 6.19. The van der Waals surface area contributed by atoms with Gasteiger partial charge in [0, 0.05) is 19.1 Å². The molecule has 0 unspecified atom stereocenters. The largest absolute Gasteiger partial charge is 0.342 e. The molecule has 3 fully saturated rings. The third kappa shape index (κ3) is 2.79. The summed E-state index contributed by atoms with van der Waals surface area (Å²) < 4.78 is 0. The van der Waals surface area contributed by atoms with Crippen LogP contribution in [-0.4, -0.2) is 42.1 Å². The van der Waals surface area contributed by atoms with Crippen LogP contribution < -0.4 is 10.6 Å². The molecule has 0 radical (unpaired) electrons. The lowest BCUT2D eigenvalue weighted by molar-refractivity contribution is -0.126. The van der Waals surface area contributed by atoms with Crippen molar-refractivity contribution in [2.45, 2.75) is 56.0 Å². The van der Waals surface area contributed by atoms with E-state index in [9.17, 15) is 4.79 Å². The number of carbonyl (C=O) groups is 1. The Morgan fingerprint density at radius 3 is 2.48 bits per heavy atom. The monoisotopic (exact) mass is 313 g/mol. The fraction of sp³-hybridized carbons (Fsp3) is 0.632. The van der Waals surface area contributed by atoms with Crippen LogP contribution >= 0.6 is 0 Å². The first-order chi connectivity index (χ1) is 11.3. The second kappa shape index (κ2) is 6.25. The summed E-state index contributed by atoms with van der Waals surface area (Å²) in [4.78, 5) is 14.8. The van der Waals surface area contributed by atoms with Gasteiger partial charge >= 0.3 is 0 Å². The summed E-state index contributed by atoms with van der Waals surface area (Å²) in [6.07, 6.45) is 7.17. The van der Waals surface area contributed by atoms with Crippen molar-refractivity contribution in [1.82, 2.24) is 15.5 Å². The zero-order chi connectivity index (χ0) is 15.7. The Bertz CT molecular complexity index is 551. The highest BCUT2D eigenvalue weighted by Gasteiger charge is 2.45. The predicted molar refractivity (Wildman–Crippen MR) is 91.1 cm³/mol. The number of nitrogens with zero attached hydrogens (tertiary/aromatic N) is 1. The van der Waals surface area contributed by atoms with Gasteiger partial charge in [0.2, 0.25) is 5.91 Å². The summed E-state index contributed by atoms with van der Waals surface area (Å²) in [5, 5.41) is 6.34. The molecule has 0 aromatic heterocycles. The van der Waals surface area contributed by atoms with Gasteiger partial charge in [0.05, 0.1) is 6.67 Å². The van der Waals surface area contributed by atoms with Crippen LogP contribution in [-0.2, 0) is 4.79 Å². The Morgan fingerprint density at radius 1 is 1.04 bits per heavy atom. The maximum Gasteiger partial charge on any atom is 0.241 e. The van der Waals surface area contributed by atoms with Gasteiger partial charge in [0.1, 0.15) is 5.54 Å². The van der Waals surface area contributed by atoms with Crippen molar-refractivity contribution in [1.29, 1.82) is 0 Å². The van der Waals surface area contributed by atoms with Crippen molar-refractivity contribution in [2.75, 3.05) is 19.8 Å². The molecule has 1 amide bonds. The van der Waals surface area contributed by atoms with Gasteiger partial charge in [-0.2, -0.15) is 0 Å². The van der Waals surface area contributed by atoms with E-state index in [1.807, 2.05) is 0 Å². The van der Waals surface area contributed by atoms with Gasteiger partial charge in [0.15, 0.2) is 0 Å². The lowest BCUT2D eigenvalue weighted by atomic mass is 9.77. The quantitative estimate of drug-likeness (QED) is 0.880. The fourth-order valence-electron chi connectivity index (χ4n) is 4.82. The van der Waals surface area contributed by atoms with Crippen molar-refractivity contribution in [2.24, 2.45) is 0 Å². The van der Waals surface area contributed by atoms with Crippen molar-refractivity contribution < 1.29 is 4.79 Å². The van der Waals surface area contributed by atoms with Crippen LogP contribution in [0.5, 0.6) is 0 Å². The van der Waals surface area contributed by atoms with E-state index in [4.69, 9.17) is 0 Å². The molecule has 1 saturated carbocycles. The fourth-order valence-corrected chi connectivity index (χ4v) is 4.82. The molecule has 1 spiro atoms. The number of hydrogen-bond acceptors (Lipinski definition) is 3. The second-order valence-electron chi connectivity index (χ2n) is 7.35. The molecule has 4 rings (SSSR count). The minimum Gasteiger partial charge on any atom is -0.342 e. The second-order valence-corrected chi connectivity index (χ2v) is 7.35. The van der Waals surface area contributed by atoms with Gasteiger partial charge < -0.3 is 5.32 Å². The molecule has 1 aliphatic carbocycles. The molecule has 4 heteroatoms. The highest BCUT2D eigenvalue weighted by molar-refractivity contribution is 5.88. The molecule has 1 aromatic rings. The molecule has 0 bridgehead atoms. The molecule has 1 aromatic carbocycles. The molecule has 23 heavy (non-hydrogen) atoms. The third-order valence-electron chi connectivity index (χ3n) is 6.19. The SMILES string of the molecule is O=C1NCNC12CCN([C@@H]1CCCC[C@@H]1c1ccccc1)CC2. The van der Waals surface area contributed by atoms with Crippen molar-refractivity contribution in [3.63, 3.8) is 0 Å². The number of hydrogen-bond donors (Lipinski definition) is 2. The Kier molecular flexibility index (Phi) is 4.12. The minimum absolute atomic E-state index is 0.209. The number of amides is 1. The maximum atomic E-state index is 12.1. The van der Waals surface area contributed by atoms with Crippen LogP contribution in [0.2, 0.25) is 0 Å². The van der Waals surface area contributed by atoms with Gasteiger partial charge in [-0.05, 0) is 37.2 Å². The lowest BCUT2D eigenvalue weighted by Crippen LogP contribution is -2.57. The number of rotatable bonds is 2. The van der Waals surface area contributed by atoms with E-state index in [0.717, 1.165) is 25.9 Å². The van der Waals surface area contributed by atoms with E-state index in [0.29, 0.717) is 18.6 Å². The van der Waals surface area contributed by atoms with E-state index in [1.54, 1.807) is 0 Å². The smallest absolute Gasteiger partial charge is 0.241 e. The minimum atomic E-state index is -0.284. The molecular weight excluding hydrogens is 286 g/mol. The topological polar surface area (TPSA) is 44.4 Å². The number of nitrogens with one attached hydrogen (secondary N) is 2. The first-order valence-corrected chi connectivity index (χ1v) is 9.11. The maximum absolute atomic E-state index is 12.1. The number of carbonyl (C=O) groups excluding carboxylic acids is 1. The lowest BCUT2D eigenvalue weighted by Gasteiger charge is -2.45. The number of benzene rings is 1. The average Bonchev–Trinajstić information content (AvgIpc) is 2.97. The summed E-state index contributed by atoms with van der Waals surface area (Å²) >= 11 is 0. The first-order valence-electron chi connectivity index (χ1n) is 9.11. The summed E-state index contributed by atoms with van der Waals surface area (Å²) in [5.41, 5.74) is 1.21. The molecular formula is C19H27N3O. The van der Waals surface area contributed by atoms with Gasteiger partial charge in [-0.3, -0.25) is 15.0 Å². The van der Waals surface area contributed by atoms with Crippen molar-refractivity contribution >= 4 is 5.91 Å². The van der Waals surface area contributed by atoms with E-state index < -0.39 is 0 Å². The predicted octanol–water partition coefficient (Wildman–Crippen LogP) is 2.22. The van der Waals surface area contributed by atoms with Crippen molar-refractivity contribution in [3.8, 4) is 0 Å². The molecule has 124 valence electrons. The van der Waals surface area contributed by atoms with Gasteiger partial charge in [-0.1, -0.05) is 43.2 Å². The highest BCUT2D eigenvalue weighted by Crippen LogP contribution is 2.38. The zero-order valence-electron chi connectivity index (χ0n) is 13.8. The van der Waals surface area contributed by atoms with E-state index in [-0.39, 0.29) is 11.4 Å². The summed E-state index contributed by atoms with van der Waals surface area (Å²) in [6.45, 7) is 2.71.